The van der Waals surface area contributed by atoms with Crippen LogP contribution >= 0.6 is 15.9 Å². The van der Waals surface area contributed by atoms with Gasteiger partial charge >= 0.3 is 11.9 Å². The predicted octanol–water partition coefficient (Wildman–Crippen LogP) is 3.22. The average Bonchev–Trinajstić information content (AvgIpc) is 2.36. The molecule has 0 heterocycles. The van der Waals surface area contributed by atoms with E-state index in [9.17, 15) is 9.59 Å². The van der Waals surface area contributed by atoms with E-state index >= 15 is 0 Å². The van der Waals surface area contributed by atoms with Crippen LogP contribution < -0.4 is 0 Å². The van der Waals surface area contributed by atoms with Crippen LogP contribution in [0, 0.1) is 0 Å². The summed E-state index contributed by atoms with van der Waals surface area (Å²) in [5, 5.41) is 0. The van der Waals surface area contributed by atoms with Crippen LogP contribution in [0.3, 0.4) is 0 Å². The van der Waals surface area contributed by atoms with Gasteiger partial charge in [0, 0.05) is 0 Å². The summed E-state index contributed by atoms with van der Waals surface area (Å²) in [7, 11) is 0. The Labute approximate surface area is 118 Å². The molecule has 4 nitrogen and oxygen atoms in total. The van der Waals surface area contributed by atoms with Gasteiger partial charge in [-0.2, -0.15) is 0 Å². The van der Waals surface area contributed by atoms with Crippen molar-refractivity contribution in [1.29, 1.82) is 0 Å². The van der Waals surface area contributed by atoms with E-state index < -0.39 is 16.3 Å². The zero-order valence-electron chi connectivity index (χ0n) is 11.5. The molecule has 0 bridgehead atoms. The summed E-state index contributed by atoms with van der Waals surface area (Å²) in [6.45, 7) is 6.32. The van der Waals surface area contributed by atoms with Crippen molar-refractivity contribution in [2.24, 2.45) is 0 Å². The van der Waals surface area contributed by atoms with Crippen LogP contribution in [0.5, 0.6) is 0 Å². The zero-order chi connectivity index (χ0) is 14.0. The topological polar surface area (TPSA) is 52.6 Å². The Morgan fingerprint density at radius 2 is 1.56 bits per heavy atom. The van der Waals surface area contributed by atoms with Gasteiger partial charge in [-0.05, 0) is 19.8 Å². The number of carbonyl (C=O) groups is 2. The Bertz CT molecular complexity index is 268. The molecule has 0 aromatic carbocycles. The maximum atomic E-state index is 12.0. The number of hydrogen-bond acceptors (Lipinski definition) is 4. The highest BCUT2D eigenvalue weighted by atomic mass is 79.9. The fourth-order valence-corrected chi connectivity index (χ4v) is 1.89. The Balaban J connectivity index is 4.62. The van der Waals surface area contributed by atoms with Crippen LogP contribution in [0.15, 0.2) is 0 Å². The number of carbonyl (C=O) groups excluding carboxylic acids is 2. The van der Waals surface area contributed by atoms with Crippen LogP contribution in [-0.4, -0.2) is 29.5 Å². The standard InChI is InChI=1S/C13H23BrO4/c1-4-7-9-13(14,11(15)17-6-3)12(16)18-10-8-5-2/h4-10H2,1-3H3. The maximum absolute atomic E-state index is 12.0. The van der Waals surface area contributed by atoms with Gasteiger partial charge in [0.1, 0.15) is 0 Å². The summed E-state index contributed by atoms with van der Waals surface area (Å²) < 4.78 is 8.73. The summed E-state index contributed by atoms with van der Waals surface area (Å²) in [4.78, 5) is 23.9. The molecule has 1 unspecified atom stereocenters. The third-order valence-electron chi connectivity index (χ3n) is 2.53. The van der Waals surface area contributed by atoms with Crippen molar-refractivity contribution < 1.29 is 19.1 Å². The monoisotopic (exact) mass is 322 g/mol. The van der Waals surface area contributed by atoms with Crippen molar-refractivity contribution in [3.05, 3.63) is 0 Å². The maximum Gasteiger partial charge on any atom is 0.334 e. The summed E-state index contributed by atoms with van der Waals surface area (Å²) in [5.41, 5.74) is 0. The molecule has 0 aromatic rings. The number of rotatable bonds is 9. The van der Waals surface area contributed by atoms with E-state index in [1.807, 2.05) is 13.8 Å². The SMILES string of the molecule is CCCCOC(=O)C(Br)(CCCC)C(=O)OCC. The van der Waals surface area contributed by atoms with Crippen molar-refractivity contribution in [2.75, 3.05) is 13.2 Å². The molecule has 0 N–H and O–H groups in total. The molecule has 18 heavy (non-hydrogen) atoms. The fraction of sp³-hybridized carbons (Fsp3) is 0.846. The lowest BCUT2D eigenvalue weighted by Crippen LogP contribution is -2.43. The molecule has 5 heteroatoms. The molecule has 0 saturated heterocycles. The molecule has 0 radical (unpaired) electrons. The van der Waals surface area contributed by atoms with Crippen LogP contribution in [-0.2, 0) is 19.1 Å². The number of esters is 2. The summed E-state index contributed by atoms with van der Waals surface area (Å²) in [6.07, 6.45) is 3.79. The number of alkyl halides is 1. The van der Waals surface area contributed by atoms with E-state index in [1.54, 1.807) is 6.92 Å². The second-order valence-electron chi connectivity index (χ2n) is 4.11. The van der Waals surface area contributed by atoms with E-state index in [0.717, 1.165) is 25.7 Å². The van der Waals surface area contributed by atoms with E-state index in [2.05, 4.69) is 15.9 Å². The Kier molecular flexibility index (Phi) is 9.06. The normalized spacial score (nSPS) is 13.8. The van der Waals surface area contributed by atoms with Crippen molar-refractivity contribution in [3.63, 3.8) is 0 Å². The molecule has 0 fully saturated rings. The van der Waals surface area contributed by atoms with Gasteiger partial charge in [0.15, 0.2) is 0 Å². The number of unbranched alkanes of at least 4 members (excludes halogenated alkanes) is 2. The van der Waals surface area contributed by atoms with Crippen LogP contribution in [0.4, 0.5) is 0 Å². The van der Waals surface area contributed by atoms with Gasteiger partial charge in [-0.3, -0.25) is 0 Å². The molecular weight excluding hydrogens is 300 g/mol. The van der Waals surface area contributed by atoms with Crippen LogP contribution in [0.1, 0.15) is 52.9 Å². The minimum Gasteiger partial charge on any atom is -0.465 e. The number of ether oxygens (including phenoxy) is 2. The van der Waals surface area contributed by atoms with E-state index in [1.165, 1.54) is 0 Å². The molecule has 1 atom stereocenters. The quantitative estimate of drug-likeness (QED) is 0.283. The zero-order valence-corrected chi connectivity index (χ0v) is 13.0. The van der Waals surface area contributed by atoms with Crippen LogP contribution in [0.2, 0.25) is 0 Å². The molecule has 0 spiro atoms. The fourth-order valence-electron chi connectivity index (χ4n) is 1.38. The van der Waals surface area contributed by atoms with E-state index in [0.29, 0.717) is 13.0 Å². The van der Waals surface area contributed by atoms with Gasteiger partial charge in [0.05, 0.1) is 13.2 Å². The smallest absolute Gasteiger partial charge is 0.334 e. The second-order valence-corrected chi connectivity index (χ2v) is 5.47. The van der Waals surface area contributed by atoms with Crippen molar-refractivity contribution in [1.82, 2.24) is 0 Å². The van der Waals surface area contributed by atoms with Crippen molar-refractivity contribution >= 4 is 27.9 Å². The highest BCUT2D eigenvalue weighted by Gasteiger charge is 2.46. The lowest BCUT2D eigenvalue weighted by molar-refractivity contribution is -0.159. The summed E-state index contributed by atoms with van der Waals surface area (Å²) in [5.74, 6) is -1.09. The molecule has 0 aliphatic heterocycles. The molecule has 0 amide bonds. The summed E-state index contributed by atoms with van der Waals surface area (Å²) in [6, 6.07) is 0. The van der Waals surface area contributed by atoms with E-state index in [-0.39, 0.29) is 6.61 Å². The number of halogens is 1. The first-order valence-electron chi connectivity index (χ1n) is 6.56. The highest BCUT2D eigenvalue weighted by Crippen LogP contribution is 2.29. The van der Waals surface area contributed by atoms with Crippen molar-refractivity contribution in [3.8, 4) is 0 Å². The highest BCUT2D eigenvalue weighted by molar-refractivity contribution is 9.10. The first kappa shape index (κ1) is 17.4. The van der Waals surface area contributed by atoms with Gasteiger partial charge in [-0.15, -0.1) is 0 Å². The molecule has 0 saturated carbocycles. The minimum atomic E-state index is -1.34. The largest absolute Gasteiger partial charge is 0.465 e. The third kappa shape index (κ3) is 5.38. The summed E-state index contributed by atoms with van der Waals surface area (Å²) >= 11 is 3.22. The first-order chi connectivity index (χ1) is 8.52. The second kappa shape index (κ2) is 9.36. The van der Waals surface area contributed by atoms with Gasteiger partial charge in [0.2, 0.25) is 4.32 Å². The lowest BCUT2D eigenvalue weighted by Gasteiger charge is -2.23. The van der Waals surface area contributed by atoms with Gasteiger partial charge in [0.25, 0.3) is 0 Å². The molecule has 0 aliphatic rings. The Hall–Kier alpha value is -0.580. The minimum absolute atomic E-state index is 0.251. The Morgan fingerprint density at radius 1 is 1.00 bits per heavy atom. The molecule has 106 valence electrons. The Morgan fingerprint density at radius 3 is 2.06 bits per heavy atom. The molecule has 0 rings (SSSR count). The lowest BCUT2D eigenvalue weighted by atomic mass is 10.0. The predicted molar refractivity (Wildman–Crippen MR) is 73.7 cm³/mol. The third-order valence-corrected chi connectivity index (χ3v) is 3.57. The van der Waals surface area contributed by atoms with Gasteiger partial charge in [-0.1, -0.05) is 49.0 Å². The van der Waals surface area contributed by atoms with Crippen molar-refractivity contribution in [2.45, 2.75) is 57.2 Å². The average molecular weight is 323 g/mol. The van der Waals surface area contributed by atoms with E-state index in [4.69, 9.17) is 9.47 Å². The first-order valence-corrected chi connectivity index (χ1v) is 7.35. The van der Waals surface area contributed by atoms with Crippen LogP contribution in [0.25, 0.3) is 0 Å². The molecule has 0 aliphatic carbocycles. The van der Waals surface area contributed by atoms with Gasteiger partial charge in [-0.25, -0.2) is 9.59 Å². The molecule has 0 aromatic heterocycles. The van der Waals surface area contributed by atoms with Gasteiger partial charge < -0.3 is 9.47 Å². The number of hydrogen-bond donors (Lipinski definition) is 0. The molecular formula is C13H23BrO4.